The minimum absolute atomic E-state index is 0.0116. The van der Waals surface area contributed by atoms with Crippen molar-refractivity contribution in [3.05, 3.63) is 51.8 Å². The average Bonchev–Trinajstić information content (AvgIpc) is 2.53. The summed E-state index contributed by atoms with van der Waals surface area (Å²) in [6.45, 7) is 0. The molecule has 0 amide bonds. The highest BCUT2D eigenvalue weighted by atomic mass is 35.5. The number of alkyl halides is 3. The largest absolute Gasteiger partial charge is 0.464 e. The normalized spacial score (nSPS) is 11.9. The molecule has 0 aliphatic heterocycles. The zero-order valence-corrected chi connectivity index (χ0v) is 15.1. The van der Waals surface area contributed by atoms with E-state index in [1.54, 1.807) is 0 Å². The van der Waals surface area contributed by atoms with Gasteiger partial charge in [-0.1, -0.05) is 23.2 Å². The van der Waals surface area contributed by atoms with E-state index < -0.39 is 43.3 Å². The lowest BCUT2D eigenvalue weighted by molar-refractivity contribution is -0.137. The van der Waals surface area contributed by atoms with Gasteiger partial charge in [0.1, 0.15) is 0 Å². The molecule has 0 fully saturated rings. The molecule has 0 saturated carbocycles. The van der Waals surface area contributed by atoms with Crippen molar-refractivity contribution in [3.63, 3.8) is 0 Å². The van der Waals surface area contributed by atoms with E-state index in [0.717, 1.165) is 31.5 Å². The maximum absolute atomic E-state index is 12.9. The number of benzene rings is 1. The third-order valence-electron chi connectivity index (χ3n) is 3.03. The number of ether oxygens (including phenoxy) is 1. The summed E-state index contributed by atoms with van der Waals surface area (Å²) in [6.07, 6.45) is -3.77. The number of halogens is 5. The van der Waals surface area contributed by atoms with E-state index in [4.69, 9.17) is 23.2 Å². The van der Waals surface area contributed by atoms with Crippen molar-refractivity contribution in [3.8, 4) is 0 Å². The Kier molecular flexibility index (Phi) is 5.69. The third kappa shape index (κ3) is 4.37. The molecule has 0 unspecified atom stereocenters. The Bertz CT molecular complexity index is 965. The summed E-state index contributed by atoms with van der Waals surface area (Å²) in [6, 6.07) is 3.13. The Morgan fingerprint density at radius 3 is 2.46 bits per heavy atom. The van der Waals surface area contributed by atoms with E-state index in [1.807, 2.05) is 4.72 Å². The van der Waals surface area contributed by atoms with Crippen LogP contribution >= 0.6 is 23.2 Å². The summed E-state index contributed by atoms with van der Waals surface area (Å²) in [5, 5.41) is -0.668. The third-order valence-corrected chi connectivity index (χ3v) is 4.93. The van der Waals surface area contributed by atoms with E-state index >= 15 is 0 Å². The number of sulfonamides is 1. The number of anilines is 1. The molecule has 1 aromatic heterocycles. The SMILES string of the molecule is COC(=O)c1ncc(Cl)cc1NS(=O)(=O)c1ccc(Cl)c(C(F)(F)F)c1. The van der Waals surface area contributed by atoms with Gasteiger partial charge in [0, 0.05) is 6.20 Å². The number of nitrogens with zero attached hydrogens (tertiary/aromatic N) is 1. The van der Waals surface area contributed by atoms with Gasteiger partial charge in [-0.3, -0.25) is 4.72 Å². The van der Waals surface area contributed by atoms with Crippen molar-refractivity contribution >= 4 is 44.9 Å². The first kappa shape index (κ1) is 20.3. The number of hydrogen-bond acceptors (Lipinski definition) is 5. The summed E-state index contributed by atoms with van der Waals surface area (Å²) in [5.41, 5.74) is -2.09. The first-order valence-corrected chi connectivity index (χ1v) is 8.83. The number of esters is 1. The smallest absolute Gasteiger partial charge is 0.417 e. The van der Waals surface area contributed by atoms with Gasteiger partial charge in [0.15, 0.2) is 5.69 Å². The van der Waals surface area contributed by atoms with Crippen LogP contribution in [0.2, 0.25) is 10.0 Å². The molecule has 2 aromatic rings. The van der Waals surface area contributed by atoms with E-state index in [0.29, 0.717) is 6.07 Å². The summed E-state index contributed by atoms with van der Waals surface area (Å²) in [5.74, 6) is -0.966. The Morgan fingerprint density at radius 1 is 1.23 bits per heavy atom. The maximum atomic E-state index is 12.9. The maximum Gasteiger partial charge on any atom is 0.417 e. The van der Waals surface area contributed by atoms with Gasteiger partial charge in [0.25, 0.3) is 10.0 Å². The summed E-state index contributed by atoms with van der Waals surface area (Å²) < 4.78 is 70.1. The van der Waals surface area contributed by atoms with Crippen molar-refractivity contribution in [1.82, 2.24) is 4.98 Å². The van der Waals surface area contributed by atoms with Gasteiger partial charge in [-0.15, -0.1) is 0 Å². The Labute approximate surface area is 155 Å². The number of rotatable bonds is 4. The first-order valence-electron chi connectivity index (χ1n) is 6.59. The second kappa shape index (κ2) is 7.29. The standard InChI is InChI=1S/C14H9Cl2F3N2O4S/c1-25-13(22)12-11(4-7(15)6-20-12)21-26(23,24)8-2-3-10(16)9(5-8)14(17,18)19/h2-6,21H,1H3. The van der Waals surface area contributed by atoms with Crippen LogP contribution in [0.1, 0.15) is 16.1 Å². The van der Waals surface area contributed by atoms with Gasteiger partial charge in [-0.25, -0.2) is 18.2 Å². The number of carbonyl (C=O) groups excluding carboxylic acids is 1. The number of pyridine rings is 1. The van der Waals surface area contributed by atoms with Gasteiger partial charge >= 0.3 is 12.1 Å². The predicted octanol–water partition coefficient (Wildman–Crippen LogP) is 3.99. The van der Waals surface area contributed by atoms with E-state index in [-0.39, 0.29) is 10.7 Å². The van der Waals surface area contributed by atoms with Crippen molar-refractivity contribution in [2.75, 3.05) is 11.8 Å². The van der Waals surface area contributed by atoms with Crippen LogP contribution in [0.4, 0.5) is 18.9 Å². The fraction of sp³-hybridized carbons (Fsp3) is 0.143. The van der Waals surface area contributed by atoms with Crippen LogP contribution in [0.15, 0.2) is 35.4 Å². The highest BCUT2D eigenvalue weighted by Crippen LogP contribution is 2.36. The number of nitrogens with one attached hydrogen (secondary N) is 1. The fourth-order valence-electron chi connectivity index (χ4n) is 1.87. The first-order chi connectivity index (χ1) is 12.0. The fourth-order valence-corrected chi connectivity index (χ4v) is 3.33. The van der Waals surface area contributed by atoms with E-state index in [9.17, 15) is 26.4 Å². The number of carbonyl (C=O) groups is 1. The predicted molar refractivity (Wildman–Crippen MR) is 87.8 cm³/mol. The molecule has 12 heteroatoms. The molecule has 0 atom stereocenters. The Balaban J connectivity index is 2.51. The lowest BCUT2D eigenvalue weighted by Gasteiger charge is -2.14. The van der Waals surface area contributed by atoms with Crippen molar-refractivity contribution in [2.45, 2.75) is 11.1 Å². The molecular weight excluding hydrogens is 420 g/mol. The molecule has 1 N–H and O–H groups in total. The van der Waals surface area contributed by atoms with Crippen LogP contribution in [0.5, 0.6) is 0 Å². The molecule has 1 heterocycles. The molecule has 0 radical (unpaired) electrons. The molecule has 0 aliphatic carbocycles. The summed E-state index contributed by atoms with van der Waals surface area (Å²) in [4.78, 5) is 14.6. The molecule has 0 saturated heterocycles. The zero-order chi connectivity index (χ0) is 19.7. The van der Waals surface area contributed by atoms with E-state index in [2.05, 4.69) is 9.72 Å². The van der Waals surface area contributed by atoms with Crippen LogP contribution in [-0.2, 0) is 20.9 Å². The molecule has 2 rings (SSSR count). The molecule has 0 aliphatic rings. The molecule has 0 spiro atoms. The second-order valence-corrected chi connectivity index (χ2v) is 7.31. The zero-order valence-electron chi connectivity index (χ0n) is 12.8. The monoisotopic (exact) mass is 428 g/mol. The summed E-state index contributed by atoms with van der Waals surface area (Å²) in [7, 11) is -3.46. The lowest BCUT2D eigenvalue weighted by Crippen LogP contribution is -2.18. The van der Waals surface area contributed by atoms with Gasteiger partial charge in [-0.05, 0) is 24.3 Å². The van der Waals surface area contributed by atoms with Crippen LogP contribution in [0.3, 0.4) is 0 Å². The summed E-state index contributed by atoms with van der Waals surface area (Å²) >= 11 is 11.2. The highest BCUT2D eigenvalue weighted by Gasteiger charge is 2.34. The average molecular weight is 429 g/mol. The second-order valence-electron chi connectivity index (χ2n) is 4.79. The topological polar surface area (TPSA) is 85.4 Å². The van der Waals surface area contributed by atoms with Gasteiger partial charge < -0.3 is 4.74 Å². The lowest BCUT2D eigenvalue weighted by atomic mass is 10.2. The van der Waals surface area contributed by atoms with Crippen molar-refractivity contribution in [1.29, 1.82) is 0 Å². The van der Waals surface area contributed by atoms with E-state index in [1.165, 1.54) is 0 Å². The van der Waals surface area contributed by atoms with Gasteiger partial charge in [0.05, 0.1) is 33.3 Å². The van der Waals surface area contributed by atoms with Gasteiger partial charge in [-0.2, -0.15) is 13.2 Å². The number of hydrogen-bond donors (Lipinski definition) is 1. The van der Waals surface area contributed by atoms with Crippen molar-refractivity contribution < 1.29 is 31.1 Å². The minimum atomic E-state index is -4.85. The Hall–Kier alpha value is -2.04. The molecule has 140 valence electrons. The van der Waals surface area contributed by atoms with Crippen LogP contribution in [0.25, 0.3) is 0 Å². The number of aromatic nitrogens is 1. The van der Waals surface area contributed by atoms with Crippen LogP contribution in [0, 0.1) is 0 Å². The van der Waals surface area contributed by atoms with Crippen molar-refractivity contribution in [2.24, 2.45) is 0 Å². The Morgan fingerprint density at radius 2 is 1.88 bits per heavy atom. The molecule has 26 heavy (non-hydrogen) atoms. The minimum Gasteiger partial charge on any atom is -0.464 e. The molecule has 0 bridgehead atoms. The highest BCUT2D eigenvalue weighted by molar-refractivity contribution is 7.92. The quantitative estimate of drug-likeness (QED) is 0.743. The van der Waals surface area contributed by atoms with Gasteiger partial charge in [0.2, 0.25) is 0 Å². The van der Waals surface area contributed by atoms with Crippen LogP contribution in [-0.4, -0.2) is 26.5 Å². The molecule has 1 aromatic carbocycles. The molecule has 6 nitrogen and oxygen atoms in total. The number of methoxy groups -OCH3 is 1. The van der Waals surface area contributed by atoms with Crippen LogP contribution < -0.4 is 4.72 Å². The molecular formula is C14H9Cl2F3N2O4S.